The Morgan fingerprint density at radius 2 is 1.95 bits per heavy atom. The molecule has 0 aliphatic carbocycles. The van der Waals surface area contributed by atoms with Gasteiger partial charge in [0, 0.05) is 25.3 Å². The summed E-state index contributed by atoms with van der Waals surface area (Å²) in [6.45, 7) is 4.47. The molecule has 1 saturated heterocycles. The standard InChI is InChI=1S/C18H24N2/c1-14-5-6-16-13-18(8-7-15(16)12-14)20(2)11-9-17-4-3-10-19-17/h5-8,12-13,17,19H,3-4,9-11H2,1-2H3. The van der Waals surface area contributed by atoms with Crippen molar-refractivity contribution in [3.05, 3.63) is 42.0 Å². The Labute approximate surface area is 121 Å². The second-order valence-corrected chi connectivity index (χ2v) is 6.04. The summed E-state index contributed by atoms with van der Waals surface area (Å²) in [6.07, 6.45) is 3.91. The van der Waals surface area contributed by atoms with E-state index in [1.165, 1.54) is 47.8 Å². The van der Waals surface area contributed by atoms with Crippen LogP contribution in [-0.4, -0.2) is 26.2 Å². The van der Waals surface area contributed by atoms with Gasteiger partial charge < -0.3 is 10.2 Å². The first-order valence-electron chi connectivity index (χ1n) is 7.67. The molecule has 1 aliphatic heterocycles. The first-order valence-corrected chi connectivity index (χ1v) is 7.67. The van der Waals surface area contributed by atoms with Crippen LogP contribution in [0.15, 0.2) is 36.4 Å². The molecule has 0 bridgehead atoms. The van der Waals surface area contributed by atoms with E-state index in [-0.39, 0.29) is 0 Å². The fraction of sp³-hybridized carbons (Fsp3) is 0.444. The number of fused-ring (bicyclic) bond motifs is 1. The van der Waals surface area contributed by atoms with Crippen LogP contribution in [-0.2, 0) is 0 Å². The average molecular weight is 268 g/mol. The van der Waals surface area contributed by atoms with Gasteiger partial charge in [-0.1, -0.05) is 29.8 Å². The molecule has 20 heavy (non-hydrogen) atoms. The molecule has 0 radical (unpaired) electrons. The second-order valence-electron chi connectivity index (χ2n) is 6.04. The molecule has 1 N–H and O–H groups in total. The van der Waals surface area contributed by atoms with E-state index in [1.807, 2.05) is 0 Å². The molecule has 106 valence electrons. The highest BCUT2D eigenvalue weighted by atomic mass is 15.1. The molecule has 3 rings (SSSR count). The molecule has 0 aromatic heterocycles. The van der Waals surface area contributed by atoms with Gasteiger partial charge in [0.15, 0.2) is 0 Å². The highest BCUT2D eigenvalue weighted by Gasteiger charge is 2.14. The summed E-state index contributed by atoms with van der Waals surface area (Å²) in [5.41, 5.74) is 2.64. The van der Waals surface area contributed by atoms with Gasteiger partial charge in [-0.15, -0.1) is 0 Å². The molecule has 0 amide bonds. The largest absolute Gasteiger partial charge is 0.375 e. The van der Waals surface area contributed by atoms with E-state index < -0.39 is 0 Å². The highest BCUT2D eigenvalue weighted by molar-refractivity contribution is 5.86. The molecule has 2 aromatic rings. The molecule has 2 nitrogen and oxygen atoms in total. The van der Waals surface area contributed by atoms with Crippen LogP contribution in [0.25, 0.3) is 10.8 Å². The van der Waals surface area contributed by atoms with E-state index in [9.17, 15) is 0 Å². The zero-order valence-electron chi connectivity index (χ0n) is 12.5. The number of benzene rings is 2. The second kappa shape index (κ2) is 5.84. The van der Waals surface area contributed by atoms with Crippen molar-refractivity contribution in [2.24, 2.45) is 0 Å². The Balaban J connectivity index is 1.70. The fourth-order valence-electron chi connectivity index (χ4n) is 3.07. The van der Waals surface area contributed by atoms with E-state index in [4.69, 9.17) is 0 Å². The zero-order valence-corrected chi connectivity index (χ0v) is 12.5. The van der Waals surface area contributed by atoms with Gasteiger partial charge in [-0.25, -0.2) is 0 Å². The summed E-state index contributed by atoms with van der Waals surface area (Å²) in [6, 6.07) is 14.2. The van der Waals surface area contributed by atoms with Crippen LogP contribution in [0.4, 0.5) is 5.69 Å². The Morgan fingerprint density at radius 3 is 2.75 bits per heavy atom. The summed E-state index contributed by atoms with van der Waals surface area (Å²) in [5, 5.41) is 6.24. The smallest absolute Gasteiger partial charge is 0.0370 e. The van der Waals surface area contributed by atoms with Crippen molar-refractivity contribution in [2.75, 3.05) is 25.0 Å². The summed E-state index contributed by atoms with van der Waals surface area (Å²) in [7, 11) is 2.20. The number of rotatable bonds is 4. The molecule has 0 spiro atoms. The van der Waals surface area contributed by atoms with Crippen LogP contribution in [0.3, 0.4) is 0 Å². The predicted octanol–water partition coefficient (Wildman–Crippen LogP) is 3.73. The third-order valence-electron chi connectivity index (χ3n) is 4.40. The van der Waals surface area contributed by atoms with Gasteiger partial charge in [-0.2, -0.15) is 0 Å². The summed E-state index contributed by atoms with van der Waals surface area (Å²) in [5.74, 6) is 0. The van der Waals surface area contributed by atoms with Crippen molar-refractivity contribution in [1.82, 2.24) is 5.32 Å². The molecule has 1 heterocycles. The fourth-order valence-corrected chi connectivity index (χ4v) is 3.07. The third kappa shape index (κ3) is 2.96. The lowest BCUT2D eigenvalue weighted by atomic mass is 10.1. The van der Waals surface area contributed by atoms with Crippen molar-refractivity contribution < 1.29 is 0 Å². The van der Waals surface area contributed by atoms with Crippen LogP contribution < -0.4 is 10.2 Å². The van der Waals surface area contributed by atoms with Gasteiger partial charge in [0.1, 0.15) is 0 Å². The maximum Gasteiger partial charge on any atom is 0.0370 e. The van der Waals surface area contributed by atoms with Crippen LogP contribution in [0.2, 0.25) is 0 Å². The molecular weight excluding hydrogens is 244 g/mol. The van der Waals surface area contributed by atoms with Gasteiger partial charge in [-0.05, 0) is 55.6 Å². The Morgan fingerprint density at radius 1 is 1.15 bits per heavy atom. The van der Waals surface area contributed by atoms with Crippen LogP contribution in [0, 0.1) is 6.92 Å². The summed E-state index contributed by atoms with van der Waals surface area (Å²) < 4.78 is 0. The van der Waals surface area contributed by atoms with E-state index in [1.54, 1.807) is 0 Å². The Kier molecular flexibility index (Phi) is 3.93. The normalized spacial score (nSPS) is 18.6. The number of anilines is 1. The number of hydrogen-bond acceptors (Lipinski definition) is 2. The molecule has 1 atom stereocenters. The molecule has 1 unspecified atom stereocenters. The molecule has 2 aromatic carbocycles. The average Bonchev–Trinajstić information content (AvgIpc) is 2.97. The molecule has 1 aliphatic rings. The van der Waals surface area contributed by atoms with Crippen molar-refractivity contribution in [3.8, 4) is 0 Å². The van der Waals surface area contributed by atoms with Crippen molar-refractivity contribution in [2.45, 2.75) is 32.2 Å². The quantitative estimate of drug-likeness (QED) is 0.909. The maximum absolute atomic E-state index is 3.57. The summed E-state index contributed by atoms with van der Waals surface area (Å²) >= 11 is 0. The van der Waals surface area contributed by atoms with Gasteiger partial charge in [-0.3, -0.25) is 0 Å². The Bertz CT molecular complexity index is 585. The first kappa shape index (κ1) is 13.4. The monoisotopic (exact) mass is 268 g/mol. The molecule has 1 fully saturated rings. The van der Waals surface area contributed by atoms with Crippen molar-refractivity contribution >= 4 is 16.5 Å². The number of aryl methyl sites for hydroxylation is 1. The topological polar surface area (TPSA) is 15.3 Å². The van der Waals surface area contributed by atoms with Crippen LogP contribution >= 0.6 is 0 Å². The van der Waals surface area contributed by atoms with E-state index >= 15 is 0 Å². The van der Waals surface area contributed by atoms with Gasteiger partial charge in [0.25, 0.3) is 0 Å². The summed E-state index contributed by atoms with van der Waals surface area (Å²) in [4.78, 5) is 2.37. The minimum Gasteiger partial charge on any atom is -0.375 e. The first-order chi connectivity index (χ1) is 9.72. The molecule has 2 heteroatoms. The zero-order chi connectivity index (χ0) is 13.9. The van der Waals surface area contributed by atoms with Crippen molar-refractivity contribution in [3.63, 3.8) is 0 Å². The van der Waals surface area contributed by atoms with Crippen molar-refractivity contribution in [1.29, 1.82) is 0 Å². The van der Waals surface area contributed by atoms with Crippen LogP contribution in [0.5, 0.6) is 0 Å². The Hall–Kier alpha value is -1.54. The molecular formula is C18H24N2. The lowest BCUT2D eigenvalue weighted by molar-refractivity contribution is 0.559. The van der Waals surface area contributed by atoms with Gasteiger partial charge in [0.05, 0.1) is 0 Å². The minimum atomic E-state index is 0.723. The van der Waals surface area contributed by atoms with E-state index in [0.717, 1.165) is 12.6 Å². The maximum atomic E-state index is 3.57. The lowest BCUT2D eigenvalue weighted by Crippen LogP contribution is -2.28. The van der Waals surface area contributed by atoms with Gasteiger partial charge >= 0.3 is 0 Å². The van der Waals surface area contributed by atoms with E-state index in [2.05, 4.69) is 60.6 Å². The minimum absolute atomic E-state index is 0.723. The number of nitrogens with one attached hydrogen (secondary N) is 1. The lowest BCUT2D eigenvalue weighted by Gasteiger charge is -2.22. The van der Waals surface area contributed by atoms with Crippen LogP contribution in [0.1, 0.15) is 24.8 Å². The third-order valence-corrected chi connectivity index (χ3v) is 4.40. The SMILES string of the molecule is Cc1ccc2cc(N(C)CCC3CCCN3)ccc2c1. The predicted molar refractivity (Wildman–Crippen MR) is 87.6 cm³/mol. The number of nitrogens with zero attached hydrogens (tertiary/aromatic N) is 1. The van der Waals surface area contributed by atoms with Gasteiger partial charge in [0.2, 0.25) is 0 Å². The molecule has 0 saturated carbocycles. The highest BCUT2D eigenvalue weighted by Crippen LogP contribution is 2.23. The van der Waals surface area contributed by atoms with E-state index in [0.29, 0.717) is 0 Å². The number of hydrogen-bond donors (Lipinski definition) is 1.